The van der Waals surface area contributed by atoms with E-state index >= 15 is 0 Å². The summed E-state index contributed by atoms with van der Waals surface area (Å²) in [6.45, 7) is 0. The first-order valence-corrected chi connectivity index (χ1v) is 6.56. The fraction of sp³-hybridized carbons (Fsp3) is 0. The van der Waals surface area contributed by atoms with Crippen molar-refractivity contribution < 1.29 is 4.39 Å². The second-order valence-electron chi connectivity index (χ2n) is 3.24. The fourth-order valence-corrected chi connectivity index (χ4v) is 2.27. The standard InChI is InChI=1S/C11H6Br2ClFN2/c12-6-3-9(14)11(16-5-6)17-7-1-2-10(15)8(13)4-7/h1-5H,(H,16,17). The minimum absolute atomic E-state index is 0.314. The highest BCUT2D eigenvalue weighted by Crippen LogP contribution is 2.27. The van der Waals surface area contributed by atoms with E-state index in [4.69, 9.17) is 11.6 Å². The van der Waals surface area contributed by atoms with Crippen molar-refractivity contribution in [3.8, 4) is 0 Å². The zero-order valence-electron chi connectivity index (χ0n) is 8.35. The molecule has 17 heavy (non-hydrogen) atoms. The zero-order valence-corrected chi connectivity index (χ0v) is 12.3. The summed E-state index contributed by atoms with van der Waals surface area (Å²) in [5.74, 6) is 0.207. The Morgan fingerprint density at radius 3 is 2.65 bits per heavy atom. The van der Waals surface area contributed by atoms with E-state index in [1.165, 1.54) is 6.07 Å². The number of pyridine rings is 1. The van der Waals surface area contributed by atoms with Crippen LogP contribution in [0.4, 0.5) is 15.9 Å². The SMILES string of the molecule is Fc1ccc(Nc2ncc(Br)cc2Cl)cc1Br. The van der Waals surface area contributed by atoms with Crippen molar-refractivity contribution in [3.05, 3.63) is 50.2 Å². The molecule has 6 heteroatoms. The maximum Gasteiger partial charge on any atom is 0.149 e. The van der Waals surface area contributed by atoms with Crippen LogP contribution < -0.4 is 5.32 Å². The molecule has 1 N–H and O–H groups in total. The lowest BCUT2D eigenvalue weighted by Gasteiger charge is -2.08. The van der Waals surface area contributed by atoms with Crippen LogP contribution in [0, 0.1) is 5.82 Å². The number of nitrogens with zero attached hydrogens (tertiary/aromatic N) is 1. The van der Waals surface area contributed by atoms with Gasteiger partial charge in [0.2, 0.25) is 0 Å². The molecule has 0 saturated heterocycles. The first-order chi connectivity index (χ1) is 8.06. The first-order valence-electron chi connectivity index (χ1n) is 4.59. The van der Waals surface area contributed by atoms with Gasteiger partial charge in [0.15, 0.2) is 0 Å². The fourth-order valence-electron chi connectivity index (χ4n) is 1.22. The third-order valence-electron chi connectivity index (χ3n) is 1.99. The van der Waals surface area contributed by atoms with Crippen molar-refractivity contribution in [1.82, 2.24) is 4.98 Å². The van der Waals surface area contributed by atoms with Crippen molar-refractivity contribution in [2.24, 2.45) is 0 Å². The molecule has 88 valence electrons. The molecule has 1 aromatic heterocycles. The quantitative estimate of drug-likeness (QED) is 0.780. The third kappa shape index (κ3) is 3.18. The molecule has 0 aliphatic rings. The van der Waals surface area contributed by atoms with E-state index in [1.54, 1.807) is 24.4 Å². The monoisotopic (exact) mass is 378 g/mol. The maximum absolute atomic E-state index is 13.0. The number of halogens is 4. The highest BCUT2D eigenvalue weighted by Gasteiger charge is 2.05. The minimum Gasteiger partial charge on any atom is -0.339 e. The van der Waals surface area contributed by atoms with Crippen LogP contribution in [0.3, 0.4) is 0 Å². The van der Waals surface area contributed by atoms with Crippen molar-refractivity contribution >= 4 is 55.0 Å². The lowest BCUT2D eigenvalue weighted by atomic mass is 10.3. The highest BCUT2D eigenvalue weighted by atomic mass is 79.9. The molecule has 2 rings (SSSR count). The van der Waals surface area contributed by atoms with Gasteiger partial charge < -0.3 is 5.32 Å². The molecule has 0 bridgehead atoms. The summed E-state index contributed by atoms with van der Waals surface area (Å²) >= 11 is 12.4. The summed E-state index contributed by atoms with van der Waals surface area (Å²) in [6.07, 6.45) is 1.63. The molecule has 0 radical (unpaired) electrons. The summed E-state index contributed by atoms with van der Waals surface area (Å²) in [4.78, 5) is 4.13. The van der Waals surface area contributed by atoms with Crippen molar-refractivity contribution in [3.63, 3.8) is 0 Å². The van der Waals surface area contributed by atoms with Gasteiger partial charge >= 0.3 is 0 Å². The zero-order chi connectivity index (χ0) is 12.4. The first kappa shape index (κ1) is 12.8. The van der Waals surface area contributed by atoms with Gasteiger partial charge in [-0.05, 0) is 56.1 Å². The Morgan fingerprint density at radius 2 is 2.00 bits per heavy atom. The molecule has 2 nitrogen and oxygen atoms in total. The molecule has 0 fully saturated rings. The number of hydrogen-bond acceptors (Lipinski definition) is 2. The summed E-state index contributed by atoms with van der Waals surface area (Å²) in [5.41, 5.74) is 0.704. The van der Waals surface area contributed by atoms with Gasteiger partial charge in [-0.1, -0.05) is 11.6 Å². The van der Waals surface area contributed by atoms with E-state index in [9.17, 15) is 4.39 Å². The highest BCUT2D eigenvalue weighted by molar-refractivity contribution is 9.10. The molecular formula is C11H6Br2ClFN2. The van der Waals surface area contributed by atoms with Gasteiger partial charge in [-0.15, -0.1) is 0 Å². The van der Waals surface area contributed by atoms with Gasteiger partial charge in [0.25, 0.3) is 0 Å². The molecular weight excluding hydrogens is 374 g/mol. The van der Waals surface area contributed by atoms with Gasteiger partial charge in [-0.3, -0.25) is 0 Å². The number of rotatable bonds is 2. The normalized spacial score (nSPS) is 10.4. The van der Waals surface area contributed by atoms with Crippen LogP contribution in [0.2, 0.25) is 5.02 Å². The van der Waals surface area contributed by atoms with E-state index in [-0.39, 0.29) is 5.82 Å². The Labute approximate surface area is 119 Å². The Hall–Kier alpha value is -0.650. The second-order valence-corrected chi connectivity index (χ2v) is 5.42. The van der Waals surface area contributed by atoms with Gasteiger partial charge in [-0.2, -0.15) is 0 Å². The largest absolute Gasteiger partial charge is 0.339 e. The molecule has 0 aliphatic heterocycles. The number of hydrogen-bond donors (Lipinski definition) is 1. The summed E-state index contributed by atoms with van der Waals surface area (Å²) in [7, 11) is 0. The van der Waals surface area contributed by atoms with Crippen molar-refractivity contribution in [2.75, 3.05) is 5.32 Å². The van der Waals surface area contributed by atoms with Crippen LogP contribution in [-0.2, 0) is 0 Å². The molecule has 0 unspecified atom stereocenters. The molecule has 0 atom stereocenters. The lowest BCUT2D eigenvalue weighted by molar-refractivity contribution is 0.621. The van der Waals surface area contributed by atoms with Crippen LogP contribution in [0.5, 0.6) is 0 Å². The number of anilines is 2. The van der Waals surface area contributed by atoms with Gasteiger partial charge in [0.05, 0.1) is 9.50 Å². The van der Waals surface area contributed by atoms with Gasteiger partial charge in [-0.25, -0.2) is 9.37 Å². The van der Waals surface area contributed by atoms with Crippen LogP contribution >= 0.6 is 43.5 Å². The Balaban J connectivity index is 2.28. The number of aromatic nitrogens is 1. The maximum atomic E-state index is 13.0. The lowest BCUT2D eigenvalue weighted by Crippen LogP contribution is -1.94. The second kappa shape index (κ2) is 5.33. The number of benzene rings is 1. The Bertz CT molecular complexity index is 563. The van der Waals surface area contributed by atoms with Crippen LogP contribution in [-0.4, -0.2) is 4.98 Å². The van der Waals surface area contributed by atoms with Crippen LogP contribution in [0.25, 0.3) is 0 Å². The van der Waals surface area contributed by atoms with Crippen LogP contribution in [0.1, 0.15) is 0 Å². The summed E-state index contributed by atoms with van der Waals surface area (Å²) in [6, 6.07) is 6.32. The predicted octanol–water partition coefficient (Wildman–Crippen LogP) is 5.14. The molecule has 1 aromatic carbocycles. The van der Waals surface area contributed by atoms with Crippen molar-refractivity contribution in [2.45, 2.75) is 0 Å². The predicted molar refractivity (Wildman–Crippen MR) is 74.3 cm³/mol. The summed E-state index contributed by atoms with van der Waals surface area (Å²) in [5, 5.41) is 3.49. The average molecular weight is 380 g/mol. The number of nitrogens with one attached hydrogen (secondary N) is 1. The minimum atomic E-state index is -0.314. The van der Waals surface area contributed by atoms with Crippen molar-refractivity contribution in [1.29, 1.82) is 0 Å². The average Bonchev–Trinajstić information content (AvgIpc) is 2.27. The smallest absolute Gasteiger partial charge is 0.149 e. The van der Waals surface area contributed by atoms with E-state index < -0.39 is 0 Å². The van der Waals surface area contributed by atoms with E-state index in [2.05, 4.69) is 42.2 Å². The Morgan fingerprint density at radius 1 is 1.24 bits per heavy atom. The van der Waals surface area contributed by atoms with Crippen LogP contribution in [0.15, 0.2) is 39.4 Å². The molecule has 0 amide bonds. The topological polar surface area (TPSA) is 24.9 Å². The molecule has 0 aliphatic carbocycles. The van der Waals surface area contributed by atoms with E-state index in [1.807, 2.05) is 0 Å². The molecule has 0 spiro atoms. The molecule has 1 heterocycles. The molecule has 2 aromatic rings. The molecule has 0 saturated carbocycles. The van der Waals surface area contributed by atoms with E-state index in [0.717, 1.165) is 4.47 Å². The summed E-state index contributed by atoms with van der Waals surface area (Å²) < 4.78 is 14.2. The van der Waals surface area contributed by atoms with E-state index in [0.29, 0.717) is 21.0 Å². The third-order valence-corrected chi connectivity index (χ3v) is 3.32. The Kier molecular flexibility index (Phi) is 4.01. The van der Waals surface area contributed by atoms with Gasteiger partial charge in [0.1, 0.15) is 11.6 Å². The van der Waals surface area contributed by atoms with Gasteiger partial charge in [0, 0.05) is 16.4 Å².